The van der Waals surface area contributed by atoms with Gasteiger partial charge in [0.25, 0.3) is 0 Å². The summed E-state index contributed by atoms with van der Waals surface area (Å²) in [7, 11) is 0. The minimum atomic E-state index is -0.139. The molecule has 0 radical (unpaired) electrons. The van der Waals surface area contributed by atoms with E-state index in [4.69, 9.17) is 5.73 Å². The molecular weight excluding hydrogens is 246 g/mol. The topological polar surface area (TPSA) is 51.8 Å². The van der Waals surface area contributed by atoms with E-state index in [9.17, 15) is 0 Å². The van der Waals surface area contributed by atoms with Crippen molar-refractivity contribution in [2.45, 2.75) is 19.9 Å². The highest BCUT2D eigenvalue weighted by Gasteiger charge is 2.11. The van der Waals surface area contributed by atoms with Crippen LogP contribution in [0.3, 0.4) is 0 Å². The predicted molar refractivity (Wildman–Crippen MR) is 81.5 cm³/mol. The molecule has 1 aromatic carbocycles. The largest absolute Gasteiger partial charge is 0.320 e. The van der Waals surface area contributed by atoms with Crippen LogP contribution in [0.5, 0.6) is 0 Å². The van der Waals surface area contributed by atoms with E-state index in [1.165, 1.54) is 0 Å². The Hall–Kier alpha value is -2.26. The number of hydrogen-bond acceptors (Lipinski definition) is 3. The van der Waals surface area contributed by atoms with Crippen LogP contribution in [0.1, 0.15) is 28.6 Å². The maximum absolute atomic E-state index is 6.40. The van der Waals surface area contributed by atoms with Crippen LogP contribution in [-0.4, -0.2) is 9.97 Å². The first kappa shape index (κ1) is 12.8. The molecular formula is C17H17N3. The minimum absolute atomic E-state index is 0.139. The lowest BCUT2D eigenvalue weighted by molar-refractivity contribution is 0.861. The van der Waals surface area contributed by atoms with Gasteiger partial charge >= 0.3 is 0 Å². The summed E-state index contributed by atoms with van der Waals surface area (Å²) in [6.45, 7) is 3.99. The number of pyridine rings is 2. The van der Waals surface area contributed by atoms with Crippen molar-refractivity contribution >= 4 is 10.9 Å². The lowest BCUT2D eigenvalue weighted by Gasteiger charge is -2.14. The Morgan fingerprint density at radius 2 is 1.70 bits per heavy atom. The van der Waals surface area contributed by atoms with Gasteiger partial charge in [0.2, 0.25) is 0 Å². The Morgan fingerprint density at radius 3 is 2.45 bits per heavy atom. The Labute approximate surface area is 118 Å². The molecule has 0 spiro atoms. The number of aryl methyl sites for hydroxylation is 2. The van der Waals surface area contributed by atoms with Crippen LogP contribution in [-0.2, 0) is 0 Å². The van der Waals surface area contributed by atoms with Crippen LogP contribution in [0, 0.1) is 13.8 Å². The Morgan fingerprint density at radius 1 is 0.950 bits per heavy atom. The molecule has 1 atom stereocenters. The SMILES string of the molecule is Cc1cc(C(N)c2ccc3ncccc3c2)cc(C)n1. The smallest absolute Gasteiger partial charge is 0.0702 e. The first-order valence-corrected chi connectivity index (χ1v) is 6.69. The van der Waals surface area contributed by atoms with E-state index in [2.05, 4.69) is 22.1 Å². The summed E-state index contributed by atoms with van der Waals surface area (Å²) in [6, 6.07) is 14.1. The van der Waals surface area contributed by atoms with Gasteiger partial charge in [-0.25, -0.2) is 0 Å². The molecule has 2 aromatic heterocycles. The maximum atomic E-state index is 6.40. The molecule has 3 rings (SSSR count). The van der Waals surface area contributed by atoms with Crippen molar-refractivity contribution in [1.82, 2.24) is 9.97 Å². The third-order valence-corrected chi connectivity index (χ3v) is 3.45. The lowest BCUT2D eigenvalue weighted by Crippen LogP contribution is -2.12. The highest BCUT2D eigenvalue weighted by atomic mass is 14.7. The number of hydrogen-bond donors (Lipinski definition) is 1. The van der Waals surface area contributed by atoms with Crippen molar-refractivity contribution in [3.8, 4) is 0 Å². The second-order valence-electron chi connectivity index (χ2n) is 5.12. The standard InChI is InChI=1S/C17H17N3/c1-11-8-15(9-12(2)20-11)17(18)14-5-6-16-13(10-14)4-3-7-19-16/h3-10,17H,18H2,1-2H3. The molecule has 3 aromatic rings. The molecule has 1 unspecified atom stereocenters. The van der Waals surface area contributed by atoms with Gasteiger partial charge in [-0.2, -0.15) is 0 Å². The fourth-order valence-electron chi connectivity index (χ4n) is 2.53. The number of rotatable bonds is 2. The molecule has 2 N–H and O–H groups in total. The van der Waals surface area contributed by atoms with Gasteiger partial charge < -0.3 is 5.73 Å². The maximum Gasteiger partial charge on any atom is 0.0702 e. The van der Waals surface area contributed by atoms with Crippen molar-refractivity contribution in [3.63, 3.8) is 0 Å². The number of fused-ring (bicyclic) bond motifs is 1. The molecule has 0 aliphatic rings. The quantitative estimate of drug-likeness (QED) is 0.771. The first-order valence-electron chi connectivity index (χ1n) is 6.69. The van der Waals surface area contributed by atoms with E-state index < -0.39 is 0 Å². The molecule has 0 saturated heterocycles. The van der Waals surface area contributed by atoms with Crippen LogP contribution in [0.15, 0.2) is 48.7 Å². The summed E-state index contributed by atoms with van der Waals surface area (Å²) >= 11 is 0. The molecule has 0 aliphatic carbocycles. The molecule has 3 nitrogen and oxygen atoms in total. The highest BCUT2D eigenvalue weighted by molar-refractivity contribution is 5.79. The number of nitrogens with two attached hydrogens (primary N) is 1. The van der Waals surface area contributed by atoms with Crippen molar-refractivity contribution < 1.29 is 0 Å². The normalized spacial score (nSPS) is 12.6. The van der Waals surface area contributed by atoms with E-state index in [-0.39, 0.29) is 6.04 Å². The average molecular weight is 263 g/mol. The highest BCUT2D eigenvalue weighted by Crippen LogP contribution is 2.23. The number of nitrogens with zero attached hydrogens (tertiary/aromatic N) is 2. The minimum Gasteiger partial charge on any atom is -0.320 e. The van der Waals surface area contributed by atoms with Crippen LogP contribution >= 0.6 is 0 Å². The van der Waals surface area contributed by atoms with E-state index >= 15 is 0 Å². The molecule has 100 valence electrons. The average Bonchev–Trinajstić information content (AvgIpc) is 2.45. The summed E-state index contributed by atoms with van der Waals surface area (Å²) in [5.74, 6) is 0. The van der Waals surface area contributed by atoms with Gasteiger partial charge in [-0.1, -0.05) is 12.1 Å². The van der Waals surface area contributed by atoms with Gasteiger partial charge in [0, 0.05) is 23.0 Å². The summed E-state index contributed by atoms with van der Waals surface area (Å²) < 4.78 is 0. The second-order valence-corrected chi connectivity index (χ2v) is 5.12. The van der Waals surface area contributed by atoms with Crippen molar-refractivity contribution in [2.75, 3.05) is 0 Å². The molecule has 0 amide bonds. The van der Waals surface area contributed by atoms with Gasteiger partial charge in [-0.05, 0) is 55.3 Å². The zero-order valence-corrected chi connectivity index (χ0v) is 11.7. The zero-order valence-electron chi connectivity index (χ0n) is 11.7. The van der Waals surface area contributed by atoms with Crippen LogP contribution < -0.4 is 5.73 Å². The van der Waals surface area contributed by atoms with E-state index in [1.807, 2.05) is 44.2 Å². The summed E-state index contributed by atoms with van der Waals surface area (Å²) in [5.41, 5.74) is 11.6. The molecule has 0 aliphatic heterocycles. The summed E-state index contributed by atoms with van der Waals surface area (Å²) in [5, 5.41) is 1.11. The van der Waals surface area contributed by atoms with E-state index in [0.717, 1.165) is 33.4 Å². The van der Waals surface area contributed by atoms with Gasteiger partial charge in [-0.3, -0.25) is 9.97 Å². The molecule has 0 fully saturated rings. The molecule has 0 bridgehead atoms. The Bertz CT molecular complexity index is 745. The lowest BCUT2D eigenvalue weighted by atomic mass is 9.98. The van der Waals surface area contributed by atoms with E-state index in [1.54, 1.807) is 6.20 Å². The van der Waals surface area contributed by atoms with Crippen LogP contribution in [0.2, 0.25) is 0 Å². The zero-order chi connectivity index (χ0) is 14.1. The molecule has 2 heterocycles. The Balaban J connectivity index is 2.05. The number of aromatic nitrogens is 2. The predicted octanol–water partition coefficient (Wildman–Crippen LogP) is 3.29. The summed E-state index contributed by atoms with van der Waals surface area (Å²) in [6.07, 6.45) is 1.80. The monoisotopic (exact) mass is 263 g/mol. The van der Waals surface area contributed by atoms with Gasteiger partial charge in [-0.15, -0.1) is 0 Å². The third-order valence-electron chi connectivity index (χ3n) is 3.45. The third kappa shape index (κ3) is 2.40. The van der Waals surface area contributed by atoms with Crippen molar-refractivity contribution in [1.29, 1.82) is 0 Å². The summed E-state index contributed by atoms with van der Waals surface area (Å²) in [4.78, 5) is 8.73. The van der Waals surface area contributed by atoms with Gasteiger partial charge in [0.1, 0.15) is 0 Å². The van der Waals surface area contributed by atoms with Crippen LogP contribution in [0.4, 0.5) is 0 Å². The van der Waals surface area contributed by atoms with Crippen molar-refractivity contribution in [2.24, 2.45) is 5.73 Å². The first-order chi connectivity index (χ1) is 9.63. The molecule has 0 saturated carbocycles. The Kier molecular flexibility index (Phi) is 3.20. The fourth-order valence-corrected chi connectivity index (χ4v) is 2.53. The second kappa shape index (κ2) is 5.02. The number of benzene rings is 1. The molecule has 3 heteroatoms. The fraction of sp³-hybridized carbons (Fsp3) is 0.176. The van der Waals surface area contributed by atoms with Gasteiger partial charge in [0.15, 0.2) is 0 Å². The molecule has 20 heavy (non-hydrogen) atoms. The van der Waals surface area contributed by atoms with Crippen molar-refractivity contribution in [3.05, 3.63) is 71.2 Å². The van der Waals surface area contributed by atoms with Gasteiger partial charge in [0.05, 0.1) is 11.6 Å². The van der Waals surface area contributed by atoms with E-state index in [0.29, 0.717) is 0 Å². The van der Waals surface area contributed by atoms with Crippen LogP contribution in [0.25, 0.3) is 10.9 Å².